The van der Waals surface area contributed by atoms with E-state index in [0.29, 0.717) is 18.9 Å². The number of aryl methyl sites for hydroxylation is 1. The molecule has 0 saturated carbocycles. The Labute approximate surface area is 123 Å². The summed E-state index contributed by atoms with van der Waals surface area (Å²) in [6, 6.07) is 8.13. The van der Waals surface area contributed by atoms with Crippen LogP contribution >= 0.6 is 15.9 Å². The summed E-state index contributed by atoms with van der Waals surface area (Å²) in [6.45, 7) is 0.611. The molecule has 1 aromatic carbocycles. The van der Waals surface area contributed by atoms with E-state index >= 15 is 0 Å². The van der Waals surface area contributed by atoms with Crippen molar-refractivity contribution in [3.63, 3.8) is 0 Å². The van der Waals surface area contributed by atoms with Crippen LogP contribution in [-0.2, 0) is 11.3 Å². The normalized spacial score (nSPS) is 10.8. The Balaban J connectivity index is 1.67. The fraction of sp³-hybridized carbons (Fsp3) is 0.154. The van der Waals surface area contributed by atoms with E-state index in [9.17, 15) is 4.79 Å². The second-order valence-electron chi connectivity index (χ2n) is 4.34. The molecule has 6 nitrogen and oxygen atoms in total. The predicted octanol–water partition coefficient (Wildman–Crippen LogP) is 2.55. The number of aromatic nitrogens is 4. The monoisotopic (exact) mass is 333 g/mol. The van der Waals surface area contributed by atoms with Gasteiger partial charge in [0.2, 0.25) is 11.9 Å². The molecule has 3 rings (SSSR count). The van der Waals surface area contributed by atoms with Gasteiger partial charge in [0.25, 0.3) is 0 Å². The van der Waals surface area contributed by atoms with Crippen LogP contribution in [0.5, 0.6) is 0 Å². The maximum Gasteiger partial charge on any atom is 0.228 e. The van der Waals surface area contributed by atoms with Crippen LogP contribution in [0.15, 0.2) is 41.3 Å². The van der Waals surface area contributed by atoms with Gasteiger partial charge in [0, 0.05) is 29.2 Å². The molecule has 2 aromatic heterocycles. The molecule has 20 heavy (non-hydrogen) atoms. The Hall–Kier alpha value is -2.15. The van der Waals surface area contributed by atoms with Crippen LogP contribution in [0.4, 0.5) is 5.95 Å². The molecule has 7 heteroatoms. The minimum Gasteiger partial charge on any atom is -0.347 e. The van der Waals surface area contributed by atoms with Gasteiger partial charge in [-0.05, 0) is 23.6 Å². The van der Waals surface area contributed by atoms with Crippen molar-refractivity contribution < 1.29 is 4.79 Å². The molecule has 0 bridgehead atoms. The van der Waals surface area contributed by atoms with Crippen LogP contribution in [0.1, 0.15) is 6.42 Å². The highest BCUT2D eigenvalue weighted by Crippen LogP contribution is 2.21. The first-order chi connectivity index (χ1) is 9.72. The smallest absolute Gasteiger partial charge is 0.228 e. The predicted molar refractivity (Wildman–Crippen MR) is 79.3 cm³/mol. The largest absolute Gasteiger partial charge is 0.347 e. The van der Waals surface area contributed by atoms with Gasteiger partial charge in [-0.2, -0.15) is 10.1 Å². The van der Waals surface area contributed by atoms with Gasteiger partial charge in [0.1, 0.15) is 6.33 Å². The molecule has 2 heterocycles. The highest BCUT2D eigenvalue weighted by atomic mass is 79.9. The number of hydrogen-bond acceptors (Lipinski definition) is 3. The second-order valence-corrected chi connectivity index (χ2v) is 5.26. The molecule has 102 valence electrons. The van der Waals surface area contributed by atoms with Crippen molar-refractivity contribution in [1.29, 1.82) is 0 Å². The van der Waals surface area contributed by atoms with E-state index in [0.717, 1.165) is 15.4 Å². The lowest BCUT2D eigenvalue weighted by atomic mass is 10.2. The van der Waals surface area contributed by atoms with Gasteiger partial charge in [-0.25, -0.2) is 5.10 Å². The summed E-state index contributed by atoms with van der Waals surface area (Å²) in [7, 11) is 0. The fourth-order valence-electron chi connectivity index (χ4n) is 2.03. The van der Waals surface area contributed by atoms with E-state index in [1.807, 2.05) is 30.5 Å². The third-order valence-corrected chi connectivity index (χ3v) is 3.48. The number of anilines is 1. The highest BCUT2D eigenvalue weighted by Gasteiger charge is 2.06. The summed E-state index contributed by atoms with van der Waals surface area (Å²) in [5, 5.41) is 10.1. The van der Waals surface area contributed by atoms with Crippen molar-refractivity contribution in [2.45, 2.75) is 13.0 Å². The van der Waals surface area contributed by atoms with Crippen molar-refractivity contribution >= 4 is 38.7 Å². The van der Waals surface area contributed by atoms with Gasteiger partial charge >= 0.3 is 0 Å². The molecule has 0 unspecified atom stereocenters. The highest BCUT2D eigenvalue weighted by molar-refractivity contribution is 9.10. The number of amides is 1. The van der Waals surface area contributed by atoms with E-state index < -0.39 is 0 Å². The first kappa shape index (κ1) is 12.9. The maximum absolute atomic E-state index is 11.8. The summed E-state index contributed by atoms with van der Waals surface area (Å²) in [5.41, 5.74) is 1.10. The number of carbonyl (C=O) groups is 1. The second kappa shape index (κ2) is 5.46. The third-order valence-electron chi connectivity index (χ3n) is 2.99. The van der Waals surface area contributed by atoms with E-state index in [-0.39, 0.29) is 5.91 Å². The van der Waals surface area contributed by atoms with Gasteiger partial charge in [0.05, 0.1) is 0 Å². The lowest BCUT2D eigenvalue weighted by Crippen LogP contribution is -2.15. The van der Waals surface area contributed by atoms with Crippen LogP contribution in [0.25, 0.3) is 10.9 Å². The van der Waals surface area contributed by atoms with Gasteiger partial charge in [0.15, 0.2) is 0 Å². The van der Waals surface area contributed by atoms with Crippen molar-refractivity contribution in [3.8, 4) is 0 Å². The van der Waals surface area contributed by atoms with Crippen molar-refractivity contribution in [3.05, 3.63) is 41.3 Å². The molecular formula is C13H12BrN5O. The quantitative estimate of drug-likeness (QED) is 0.770. The number of nitrogens with one attached hydrogen (secondary N) is 2. The van der Waals surface area contributed by atoms with E-state index in [4.69, 9.17) is 0 Å². The van der Waals surface area contributed by atoms with Gasteiger partial charge in [-0.1, -0.05) is 22.0 Å². The minimum absolute atomic E-state index is 0.0985. The Morgan fingerprint density at radius 2 is 2.30 bits per heavy atom. The Morgan fingerprint density at radius 1 is 1.40 bits per heavy atom. The third kappa shape index (κ3) is 2.72. The van der Waals surface area contributed by atoms with E-state index in [2.05, 4.69) is 41.0 Å². The lowest BCUT2D eigenvalue weighted by Gasteiger charge is -2.05. The van der Waals surface area contributed by atoms with E-state index in [1.165, 1.54) is 6.33 Å². The number of fused-ring (bicyclic) bond motifs is 1. The molecule has 0 aliphatic rings. The van der Waals surface area contributed by atoms with Crippen molar-refractivity contribution in [1.82, 2.24) is 19.7 Å². The maximum atomic E-state index is 11.8. The molecule has 0 aliphatic carbocycles. The van der Waals surface area contributed by atoms with Crippen LogP contribution < -0.4 is 5.32 Å². The molecule has 0 radical (unpaired) electrons. The summed E-state index contributed by atoms with van der Waals surface area (Å²) in [6.07, 6.45) is 3.71. The molecule has 0 saturated heterocycles. The first-order valence-corrected chi connectivity index (χ1v) is 6.91. The number of nitrogens with zero attached hydrogens (tertiary/aromatic N) is 3. The SMILES string of the molecule is O=C(CCn1ccc2ccc(Br)cc21)Nc1ncn[nH]1. The summed E-state index contributed by atoms with van der Waals surface area (Å²) in [5.74, 6) is 0.272. The zero-order valence-electron chi connectivity index (χ0n) is 10.5. The zero-order chi connectivity index (χ0) is 13.9. The average Bonchev–Trinajstić information content (AvgIpc) is 3.05. The lowest BCUT2D eigenvalue weighted by molar-refractivity contribution is -0.116. The molecule has 0 aliphatic heterocycles. The standard InChI is InChI=1S/C13H12BrN5O/c14-10-2-1-9-3-5-19(11(9)7-10)6-4-12(20)17-13-15-8-16-18-13/h1-3,5,7-8H,4,6H2,(H2,15,16,17,18,20). The van der Waals surface area contributed by atoms with E-state index in [1.54, 1.807) is 0 Å². The van der Waals surface area contributed by atoms with Gasteiger partial charge < -0.3 is 4.57 Å². The number of H-pyrrole nitrogens is 1. The fourth-order valence-corrected chi connectivity index (χ4v) is 2.38. The van der Waals surface area contributed by atoms with Crippen LogP contribution in [0.2, 0.25) is 0 Å². The molecule has 2 N–H and O–H groups in total. The Bertz CT molecular complexity index is 734. The van der Waals surface area contributed by atoms with Crippen LogP contribution in [0.3, 0.4) is 0 Å². The minimum atomic E-state index is -0.0985. The molecule has 1 amide bonds. The van der Waals surface area contributed by atoms with Gasteiger partial charge in [-0.3, -0.25) is 10.1 Å². The summed E-state index contributed by atoms with van der Waals surface area (Å²) in [4.78, 5) is 15.6. The first-order valence-electron chi connectivity index (χ1n) is 6.12. The Morgan fingerprint density at radius 3 is 3.10 bits per heavy atom. The van der Waals surface area contributed by atoms with Crippen LogP contribution in [-0.4, -0.2) is 25.7 Å². The number of aromatic amines is 1. The van der Waals surface area contributed by atoms with Crippen molar-refractivity contribution in [2.75, 3.05) is 5.32 Å². The Kier molecular flexibility index (Phi) is 3.51. The van der Waals surface area contributed by atoms with Crippen LogP contribution in [0, 0.1) is 0 Å². The number of carbonyl (C=O) groups excluding carboxylic acids is 1. The molecular weight excluding hydrogens is 322 g/mol. The number of rotatable bonds is 4. The zero-order valence-corrected chi connectivity index (χ0v) is 12.1. The molecule has 3 aromatic rings. The molecule has 0 spiro atoms. The topological polar surface area (TPSA) is 75.6 Å². The number of hydrogen-bond donors (Lipinski definition) is 2. The number of benzene rings is 1. The van der Waals surface area contributed by atoms with Gasteiger partial charge in [-0.15, -0.1) is 0 Å². The molecule has 0 atom stereocenters. The summed E-state index contributed by atoms with van der Waals surface area (Å²) < 4.78 is 3.08. The van der Waals surface area contributed by atoms with Crippen molar-refractivity contribution in [2.24, 2.45) is 0 Å². The average molecular weight is 334 g/mol. The summed E-state index contributed by atoms with van der Waals surface area (Å²) >= 11 is 3.46. The number of halogens is 1. The molecule has 0 fully saturated rings.